The predicted octanol–water partition coefficient (Wildman–Crippen LogP) is 1.71. The molecule has 132 valence electrons. The Morgan fingerprint density at radius 2 is 2.16 bits per heavy atom. The number of carbonyl (C=O) groups excluding carboxylic acids is 1. The van der Waals surface area contributed by atoms with Crippen LogP contribution in [0.3, 0.4) is 0 Å². The number of nitrogens with one attached hydrogen (secondary N) is 2. The summed E-state index contributed by atoms with van der Waals surface area (Å²) in [5.74, 6) is -0.487. The summed E-state index contributed by atoms with van der Waals surface area (Å²) < 4.78 is 40.0. The van der Waals surface area contributed by atoms with Crippen molar-refractivity contribution in [2.24, 2.45) is 7.05 Å². The Balaban J connectivity index is 1.73. The number of aromatic amines is 1. The summed E-state index contributed by atoms with van der Waals surface area (Å²) >= 11 is 0.935. The Hall–Kier alpha value is -2.69. The maximum atomic E-state index is 13.0. The zero-order valence-electron chi connectivity index (χ0n) is 12.8. The third-order valence-electron chi connectivity index (χ3n) is 3.41. The number of hydrogen-bond donors (Lipinski definition) is 2. The predicted molar refractivity (Wildman–Crippen MR) is 84.5 cm³/mol. The van der Waals surface area contributed by atoms with Crippen LogP contribution >= 0.6 is 11.3 Å². The smallest absolute Gasteiger partial charge is 0.351 e. The number of fused-ring (bicyclic) bond motifs is 1. The van der Waals surface area contributed by atoms with E-state index in [2.05, 4.69) is 20.4 Å². The van der Waals surface area contributed by atoms with E-state index < -0.39 is 17.8 Å². The number of aryl methyl sites for hydroxylation is 1. The number of nitrogens with zero attached hydrogens (tertiary/aromatic N) is 3. The van der Waals surface area contributed by atoms with Gasteiger partial charge in [-0.1, -0.05) is 0 Å². The Morgan fingerprint density at radius 1 is 1.40 bits per heavy atom. The Labute approximate surface area is 142 Å². The van der Waals surface area contributed by atoms with Crippen molar-refractivity contribution in [1.82, 2.24) is 25.1 Å². The zero-order valence-corrected chi connectivity index (χ0v) is 13.7. The lowest BCUT2D eigenvalue weighted by Crippen LogP contribution is -2.25. The fourth-order valence-corrected chi connectivity index (χ4v) is 3.29. The molecule has 0 atom stereocenters. The topological polar surface area (TPSA) is 92.7 Å². The number of carbonyl (C=O) groups is 1. The van der Waals surface area contributed by atoms with E-state index in [0.29, 0.717) is 12.1 Å². The summed E-state index contributed by atoms with van der Waals surface area (Å²) in [7, 11) is 1.40. The van der Waals surface area contributed by atoms with E-state index in [9.17, 15) is 22.8 Å². The van der Waals surface area contributed by atoms with Crippen molar-refractivity contribution >= 4 is 27.5 Å². The van der Waals surface area contributed by atoms with Crippen LogP contribution in [0.5, 0.6) is 0 Å². The van der Waals surface area contributed by atoms with Crippen LogP contribution in [-0.2, 0) is 19.6 Å². The minimum atomic E-state index is -4.58. The summed E-state index contributed by atoms with van der Waals surface area (Å²) in [6.07, 6.45) is -2.99. The molecule has 0 aliphatic carbocycles. The molecular weight excluding hydrogens is 359 g/mol. The first-order valence-corrected chi connectivity index (χ1v) is 7.93. The number of thiophene rings is 1. The number of halogens is 3. The van der Waals surface area contributed by atoms with Crippen molar-refractivity contribution < 1.29 is 18.0 Å². The molecule has 3 heterocycles. The lowest BCUT2D eigenvalue weighted by molar-refractivity contribution is -0.140. The molecule has 0 unspecified atom stereocenters. The second-order valence-electron chi connectivity index (χ2n) is 5.21. The van der Waals surface area contributed by atoms with Crippen LogP contribution in [0.15, 0.2) is 23.3 Å². The van der Waals surface area contributed by atoms with E-state index in [1.54, 1.807) is 0 Å². The number of alkyl halides is 3. The van der Waals surface area contributed by atoms with E-state index in [1.807, 2.05) is 0 Å². The molecule has 0 spiro atoms. The zero-order chi connectivity index (χ0) is 18.2. The van der Waals surface area contributed by atoms with Crippen LogP contribution in [-0.4, -0.2) is 32.2 Å². The standard InChI is InChI=1S/C14H12F3N5O2S/c1-22-13-8(11(21-22)14(15,16)17)5-9(25-13)12(24)18-3-2-7-4-10(23)20-6-19-7/h4-6H,2-3H2,1H3,(H,18,24)(H,19,20,23). The first kappa shape index (κ1) is 17.1. The molecule has 0 aliphatic rings. The van der Waals surface area contributed by atoms with Crippen LogP contribution in [0.1, 0.15) is 21.1 Å². The van der Waals surface area contributed by atoms with Gasteiger partial charge in [0.1, 0.15) is 4.83 Å². The summed E-state index contributed by atoms with van der Waals surface area (Å²) in [5, 5.41) is 5.97. The fraction of sp³-hybridized carbons (Fsp3) is 0.286. The van der Waals surface area contributed by atoms with Gasteiger partial charge in [-0.3, -0.25) is 14.3 Å². The SMILES string of the molecule is Cn1nc(C(F)(F)F)c2cc(C(=O)NCCc3cc(=O)[nH]cn3)sc21. The molecule has 3 aromatic heterocycles. The van der Waals surface area contributed by atoms with Crippen molar-refractivity contribution in [2.75, 3.05) is 6.54 Å². The Morgan fingerprint density at radius 3 is 2.84 bits per heavy atom. The average molecular weight is 371 g/mol. The van der Waals surface area contributed by atoms with Gasteiger partial charge in [0.15, 0.2) is 5.69 Å². The van der Waals surface area contributed by atoms with E-state index in [4.69, 9.17) is 0 Å². The highest BCUT2D eigenvalue weighted by molar-refractivity contribution is 7.20. The molecule has 0 fully saturated rings. The molecule has 0 saturated heterocycles. The number of H-pyrrole nitrogens is 1. The molecule has 11 heteroatoms. The third kappa shape index (κ3) is 3.55. The molecule has 1 amide bonds. The van der Waals surface area contributed by atoms with Crippen molar-refractivity contribution in [2.45, 2.75) is 12.6 Å². The van der Waals surface area contributed by atoms with Gasteiger partial charge in [-0.05, 0) is 6.07 Å². The van der Waals surface area contributed by atoms with E-state index in [-0.39, 0.29) is 27.2 Å². The van der Waals surface area contributed by atoms with Gasteiger partial charge in [-0.15, -0.1) is 11.3 Å². The van der Waals surface area contributed by atoms with Gasteiger partial charge >= 0.3 is 6.18 Å². The Bertz CT molecular complexity index is 988. The molecule has 0 saturated carbocycles. The van der Waals surface area contributed by atoms with E-state index >= 15 is 0 Å². The molecular formula is C14H12F3N5O2S. The molecule has 25 heavy (non-hydrogen) atoms. The number of hydrogen-bond acceptors (Lipinski definition) is 5. The van der Waals surface area contributed by atoms with Gasteiger partial charge in [0.2, 0.25) is 0 Å². The Kier molecular flexibility index (Phi) is 4.33. The highest BCUT2D eigenvalue weighted by atomic mass is 32.1. The largest absolute Gasteiger partial charge is 0.435 e. The fourth-order valence-electron chi connectivity index (χ4n) is 2.30. The average Bonchev–Trinajstić information content (AvgIpc) is 3.07. The minimum absolute atomic E-state index is 0.0959. The molecule has 3 rings (SSSR count). The van der Waals surface area contributed by atoms with Crippen LogP contribution in [0.2, 0.25) is 0 Å². The first-order chi connectivity index (χ1) is 11.8. The molecule has 0 aromatic carbocycles. The van der Waals surface area contributed by atoms with E-state index in [0.717, 1.165) is 16.0 Å². The first-order valence-electron chi connectivity index (χ1n) is 7.11. The highest BCUT2D eigenvalue weighted by Crippen LogP contribution is 2.37. The van der Waals surface area contributed by atoms with Gasteiger partial charge in [0.25, 0.3) is 11.5 Å². The normalized spacial score (nSPS) is 11.8. The number of amides is 1. The van der Waals surface area contributed by atoms with Crippen molar-refractivity contribution in [3.05, 3.63) is 45.1 Å². The van der Waals surface area contributed by atoms with Crippen molar-refractivity contribution in [3.8, 4) is 0 Å². The summed E-state index contributed by atoms with van der Waals surface area (Å²) in [5.41, 5.74) is -0.801. The molecule has 0 radical (unpaired) electrons. The van der Waals surface area contributed by atoms with Crippen LogP contribution in [0.25, 0.3) is 10.2 Å². The lowest BCUT2D eigenvalue weighted by atomic mass is 10.2. The molecule has 0 aliphatic heterocycles. The molecule has 7 nitrogen and oxygen atoms in total. The molecule has 0 bridgehead atoms. The molecule has 3 aromatic rings. The van der Waals surface area contributed by atoms with Crippen molar-refractivity contribution in [3.63, 3.8) is 0 Å². The van der Waals surface area contributed by atoms with Gasteiger partial charge in [-0.2, -0.15) is 18.3 Å². The van der Waals surface area contributed by atoms with Crippen molar-refractivity contribution in [1.29, 1.82) is 0 Å². The van der Waals surface area contributed by atoms with Crippen LogP contribution in [0.4, 0.5) is 13.2 Å². The number of rotatable bonds is 4. The second kappa shape index (κ2) is 6.31. The van der Waals surface area contributed by atoms with Gasteiger partial charge in [0.05, 0.1) is 11.2 Å². The molecule has 2 N–H and O–H groups in total. The number of aromatic nitrogens is 4. The highest BCUT2D eigenvalue weighted by Gasteiger charge is 2.37. The maximum Gasteiger partial charge on any atom is 0.435 e. The van der Waals surface area contributed by atoms with Crippen LogP contribution < -0.4 is 10.9 Å². The minimum Gasteiger partial charge on any atom is -0.351 e. The lowest BCUT2D eigenvalue weighted by Gasteiger charge is -2.03. The third-order valence-corrected chi connectivity index (χ3v) is 4.61. The van der Waals surface area contributed by atoms with Gasteiger partial charge in [0, 0.05) is 37.2 Å². The summed E-state index contributed by atoms with van der Waals surface area (Å²) in [6, 6.07) is 2.50. The van der Waals surface area contributed by atoms with Gasteiger partial charge in [-0.25, -0.2) is 4.98 Å². The van der Waals surface area contributed by atoms with Gasteiger partial charge < -0.3 is 10.3 Å². The van der Waals surface area contributed by atoms with Crippen LogP contribution in [0, 0.1) is 0 Å². The maximum absolute atomic E-state index is 13.0. The second-order valence-corrected chi connectivity index (χ2v) is 6.24. The quantitative estimate of drug-likeness (QED) is 0.730. The summed E-state index contributed by atoms with van der Waals surface area (Å²) in [4.78, 5) is 30.0. The monoisotopic (exact) mass is 371 g/mol. The van der Waals surface area contributed by atoms with E-state index in [1.165, 1.54) is 25.5 Å². The summed E-state index contributed by atoms with van der Waals surface area (Å²) in [6.45, 7) is 0.202.